The van der Waals surface area contributed by atoms with Crippen LogP contribution < -0.4 is 0 Å². The van der Waals surface area contributed by atoms with Crippen molar-refractivity contribution in [1.29, 1.82) is 0 Å². The molecule has 3 atom stereocenters. The van der Waals surface area contributed by atoms with E-state index in [1.165, 1.54) is 25.5 Å². The molecule has 2 aromatic rings. The Bertz CT molecular complexity index is 972. The number of furan rings is 1. The van der Waals surface area contributed by atoms with Gasteiger partial charge in [0.15, 0.2) is 5.78 Å². The van der Waals surface area contributed by atoms with E-state index < -0.39 is 17.8 Å². The number of aliphatic imine (C=N–C) groups is 1. The van der Waals surface area contributed by atoms with Gasteiger partial charge in [-0.25, -0.2) is 4.39 Å². The number of benzene rings is 1. The van der Waals surface area contributed by atoms with E-state index in [0.29, 0.717) is 29.2 Å². The predicted octanol–water partition coefficient (Wildman–Crippen LogP) is 4.17. The van der Waals surface area contributed by atoms with Gasteiger partial charge in [0.25, 0.3) is 0 Å². The monoisotopic (exact) mass is 381 g/mol. The Morgan fingerprint density at radius 1 is 1.21 bits per heavy atom. The van der Waals surface area contributed by atoms with Crippen LogP contribution in [0.5, 0.6) is 0 Å². The number of nitrogens with zero attached hydrogens (tertiary/aromatic N) is 1. The third kappa shape index (κ3) is 3.09. The number of Topliss-reactive ketones (excluding diaryl/α,β-unsaturated/α-hetero) is 1. The molecule has 5 nitrogen and oxygen atoms in total. The van der Waals surface area contributed by atoms with E-state index in [1.54, 1.807) is 31.2 Å². The molecule has 0 saturated carbocycles. The molecule has 1 aliphatic heterocycles. The SMILES string of the molecule is COC(=O)C1C(C)=NC2=C(C(=O)C[C@H](c3ccc(F)cc3)C2)[C@H]1c1ccco1. The van der Waals surface area contributed by atoms with Gasteiger partial charge in [0, 0.05) is 23.4 Å². The van der Waals surface area contributed by atoms with Gasteiger partial charge in [0.1, 0.15) is 17.5 Å². The van der Waals surface area contributed by atoms with Crippen molar-refractivity contribution < 1.29 is 23.1 Å². The molecule has 0 bridgehead atoms. The number of carbonyl (C=O) groups is 2. The summed E-state index contributed by atoms with van der Waals surface area (Å²) in [6.07, 6.45) is 2.36. The highest BCUT2D eigenvalue weighted by Gasteiger charge is 2.45. The minimum absolute atomic E-state index is 0.0675. The maximum absolute atomic E-state index is 13.3. The Morgan fingerprint density at radius 3 is 2.61 bits per heavy atom. The topological polar surface area (TPSA) is 68.9 Å². The molecular formula is C22H20FNO4. The van der Waals surface area contributed by atoms with Gasteiger partial charge in [-0.05, 0) is 49.1 Å². The second-order valence-corrected chi connectivity index (χ2v) is 7.19. The summed E-state index contributed by atoms with van der Waals surface area (Å²) in [4.78, 5) is 30.2. The summed E-state index contributed by atoms with van der Waals surface area (Å²) in [5.74, 6) is -1.58. The van der Waals surface area contributed by atoms with E-state index in [4.69, 9.17) is 9.15 Å². The number of carbonyl (C=O) groups excluding carboxylic acids is 2. The van der Waals surface area contributed by atoms with Crippen molar-refractivity contribution in [2.75, 3.05) is 7.11 Å². The van der Waals surface area contributed by atoms with Gasteiger partial charge in [0.05, 0.1) is 19.3 Å². The van der Waals surface area contributed by atoms with Gasteiger partial charge in [-0.15, -0.1) is 0 Å². The highest BCUT2D eigenvalue weighted by atomic mass is 19.1. The smallest absolute Gasteiger partial charge is 0.315 e. The molecular weight excluding hydrogens is 361 g/mol. The Morgan fingerprint density at radius 2 is 1.96 bits per heavy atom. The van der Waals surface area contributed by atoms with Crippen LogP contribution in [0.4, 0.5) is 4.39 Å². The minimum atomic E-state index is -0.693. The highest BCUT2D eigenvalue weighted by Crippen LogP contribution is 2.46. The van der Waals surface area contributed by atoms with Crippen LogP contribution >= 0.6 is 0 Å². The number of esters is 1. The molecule has 0 fully saturated rings. The maximum Gasteiger partial charge on any atom is 0.315 e. The summed E-state index contributed by atoms with van der Waals surface area (Å²) in [6, 6.07) is 9.72. The largest absolute Gasteiger partial charge is 0.469 e. The number of halogens is 1. The number of hydrogen-bond acceptors (Lipinski definition) is 5. The maximum atomic E-state index is 13.3. The molecule has 4 rings (SSSR count). The van der Waals surface area contributed by atoms with Gasteiger partial charge in [-0.1, -0.05) is 12.1 Å². The Labute approximate surface area is 161 Å². The van der Waals surface area contributed by atoms with Crippen molar-refractivity contribution in [3.05, 3.63) is 71.1 Å². The molecule has 1 aliphatic carbocycles. The number of allylic oxidation sites excluding steroid dienone is 2. The summed E-state index contributed by atoms with van der Waals surface area (Å²) < 4.78 is 23.8. The molecule has 6 heteroatoms. The van der Waals surface area contributed by atoms with Crippen molar-refractivity contribution in [2.24, 2.45) is 10.9 Å². The van der Waals surface area contributed by atoms with Gasteiger partial charge >= 0.3 is 5.97 Å². The van der Waals surface area contributed by atoms with E-state index in [0.717, 1.165) is 5.56 Å². The Kier molecular flexibility index (Phi) is 4.71. The molecule has 0 amide bonds. The number of ether oxygens (including phenoxy) is 1. The van der Waals surface area contributed by atoms with Crippen LogP contribution in [0, 0.1) is 11.7 Å². The Balaban J connectivity index is 1.77. The van der Waals surface area contributed by atoms with E-state index >= 15 is 0 Å². The molecule has 0 radical (unpaired) electrons. The molecule has 0 N–H and O–H groups in total. The molecule has 2 heterocycles. The predicted molar refractivity (Wildman–Crippen MR) is 100 cm³/mol. The first-order valence-corrected chi connectivity index (χ1v) is 9.17. The lowest BCUT2D eigenvalue weighted by atomic mass is 9.71. The lowest BCUT2D eigenvalue weighted by molar-refractivity contribution is -0.143. The molecule has 0 spiro atoms. The highest BCUT2D eigenvalue weighted by molar-refractivity contribution is 6.08. The second kappa shape index (κ2) is 7.19. The fourth-order valence-electron chi connectivity index (χ4n) is 4.24. The summed E-state index contributed by atoms with van der Waals surface area (Å²) in [5.41, 5.74) is 2.69. The molecule has 1 aromatic carbocycles. The molecule has 1 unspecified atom stereocenters. The summed E-state index contributed by atoms with van der Waals surface area (Å²) in [6.45, 7) is 1.77. The van der Waals surface area contributed by atoms with E-state index in [9.17, 15) is 14.0 Å². The van der Waals surface area contributed by atoms with Crippen LogP contribution in [0.3, 0.4) is 0 Å². The molecule has 28 heavy (non-hydrogen) atoms. The van der Waals surface area contributed by atoms with Crippen molar-refractivity contribution >= 4 is 17.5 Å². The van der Waals surface area contributed by atoms with Crippen LogP contribution in [0.1, 0.15) is 42.9 Å². The normalized spacial score (nSPS) is 24.6. The number of rotatable bonds is 3. The van der Waals surface area contributed by atoms with E-state index in [2.05, 4.69) is 4.99 Å². The van der Waals surface area contributed by atoms with Crippen molar-refractivity contribution in [3.8, 4) is 0 Å². The van der Waals surface area contributed by atoms with Crippen LogP contribution in [-0.4, -0.2) is 24.6 Å². The standard InChI is InChI=1S/C22H20FNO4/c1-12-19(22(26)27-2)21(18-4-3-9-28-18)20-16(24-12)10-14(11-17(20)25)13-5-7-15(23)8-6-13/h3-9,14,19,21H,10-11H2,1-2H3/t14-,19?,21+/m1/s1. The third-order valence-electron chi connectivity index (χ3n) is 5.53. The fourth-order valence-corrected chi connectivity index (χ4v) is 4.24. The molecule has 0 saturated heterocycles. The van der Waals surface area contributed by atoms with Gasteiger partial charge in [-0.2, -0.15) is 0 Å². The van der Waals surface area contributed by atoms with E-state index in [-0.39, 0.29) is 23.9 Å². The molecule has 144 valence electrons. The average molecular weight is 381 g/mol. The average Bonchev–Trinajstić information content (AvgIpc) is 3.21. The fraction of sp³-hybridized carbons (Fsp3) is 0.318. The lowest BCUT2D eigenvalue weighted by Crippen LogP contribution is -2.37. The quantitative estimate of drug-likeness (QED) is 0.749. The zero-order chi connectivity index (χ0) is 19.8. The van der Waals surface area contributed by atoms with Crippen LogP contribution in [0.2, 0.25) is 0 Å². The number of hydrogen-bond donors (Lipinski definition) is 0. The summed E-state index contributed by atoms with van der Waals surface area (Å²) >= 11 is 0. The van der Waals surface area contributed by atoms with Crippen LogP contribution in [0.15, 0.2) is 63.3 Å². The van der Waals surface area contributed by atoms with Gasteiger partial charge in [0.2, 0.25) is 0 Å². The third-order valence-corrected chi connectivity index (χ3v) is 5.53. The van der Waals surface area contributed by atoms with Crippen molar-refractivity contribution in [1.82, 2.24) is 0 Å². The first-order chi connectivity index (χ1) is 13.5. The zero-order valence-electron chi connectivity index (χ0n) is 15.6. The number of ketones is 1. The van der Waals surface area contributed by atoms with Crippen molar-refractivity contribution in [3.63, 3.8) is 0 Å². The number of methoxy groups -OCH3 is 1. The second-order valence-electron chi connectivity index (χ2n) is 7.19. The van der Waals surface area contributed by atoms with Crippen LogP contribution in [0.25, 0.3) is 0 Å². The first kappa shape index (κ1) is 18.3. The lowest BCUT2D eigenvalue weighted by Gasteiger charge is -2.35. The summed E-state index contributed by atoms with van der Waals surface area (Å²) in [5, 5.41) is 0. The first-order valence-electron chi connectivity index (χ1n) is 9.17. The summed E-state index contributed by atoms with van der Waals surface area (Å²) in [7, 11) is 1.33. The van der Waals surface area contributed by atoms with Gasteiger partial charge < -0.3 is 9.15 Å². The van der Waals surface area contributed by atoms with Crippen molar-refractivity contribution in [2.45, 2.75) is 31.6 Å². The minimum Gasteiger partial charge on any atom is -0.469 e. The molecule has 2 aliphatic rings. The zero-order valence-corrected chi connectivity index (χ0v) is 15.6. The van der Waals surface area contributed by atoms with E-state index in [1.807, 2.05) is 0 Å². The Hall–Kier alpha value is -3.02. The van der Waals surface area contributed by atoms with Crippen LogP contribution in [-0.2, 0) is 14.3 Å². The molecule has 1 aromatic heterocycles. The van der Waals surface area contributed by atoms with Gasteiger partial charge in [-0.3, -0.25) is 14.6 Å².